The van der Waals surface area contributed by atoms with E-state index in [2.05, 4.69) is 0 Å². The van der Waals surface area contributed by atoms with Gasteiger partial charge in [0.25, 0.3) is 5.91 Å². The standard InChI is InChI=1S/C18H24ClFN2O4/c1-18(2,3)26-17(24)22-14(12-10-11(19)6-7-13(12)20)8-9-15(22)16(23)21(4)25-5/h6-7,10,14-15H,8-9H2,1-5H3/t14-,15+/m0/s1. The highest BCUT2D eigenvalue weighted by Crippen LogP contribution is 2.39. The van der Waals surface area contributed by atoms with Crippen LogP contribution in [-0.4, -0.2) is 47.8 Å². The number of hydrogen-bond acceptors (Lipinski definition) is 4. The molecule has 0 radical (unpaired) electrons. The monoisotopic (exact) mass is 386 g/mol. The highest BCUT2D eigenvalue weighted by molar-refractivity contribution is 6.30. The van der Waals surface area contributed by atoms with Gasteiger partial charge in [0.05, 0.1) is 13.2 Å². The molecule has 1 aromatic rings. The molecule has 1 saturated heterocycles. The molecule has 1 aliphatic rings. The van der Waals surface area contributed by atoms with Crippen molar-refractivity contribution >= 4 is 23.6 Å². The fourth-order valence-corrected chi connectivity index (χ4v) is 3.18. The second-order valence-corrected chi connectivity index (χ2v) is 7.62. The number of amides is 2. The number of nitrogens with zero attached hydrogens (tertiary/aromatic N) is 2. The van der Waals surface area contributed by atoms with Crippen molar-refractivity contribution in [2.75, 3.05) is 14.2 Å². The molecule has 2 atom stereocenters. The summed E-state index contributed by atoms with van der Waals surface area (Å²) in [6, 6.07) is 2.71. The molecule has 1 heterocycles. The highest BCUT2D eigenvalue weighted by atomic mass is 35.5. The normalized spacial score (nSPS) is 20.2. The van der Waals surface area contributed by atoms with Crippen molar-refractivity contribution < 1.29 is 23.6 Å². The van der Waals surface area contributed by atoms with Crippen LogP contribution in [-0.2, 0) is 14.4 Å². The molecule has 2 amide bonds. The van der Waals surface area contributed by atoms with Gasteiger partial charge in [-0.3, -0.25) is 14.5 Å². The van der Waals surface area contributed by atoms with Crippen molar-refractivity contribution in [1.29, 1.82) is 0 Å². The van der Waals surface area contributed by atoms with Gasteiger partial charge in [0, 0.05) is 17.6 Å². The van der Waals surface area contributed by atoms with Crippen LogP contribution in [0, 0.1) is 5.82 Å². The van der Waals surface area contributed by atoms with Crippen molar-refractivity contribution in [3.05, 3.63) is 34.6 Å². The predicted octanol–water partition coefficient (Wildman–Crippen LogP) is 3.94. The Hall–Kier alpha value is -1.86. The average molecular weight is 387 g/mol. The van der Waals surface area contributed by atoms with E-state index in [1.165, 1.54) is 37.3 Å². The first kappa shape index (κ1) is 20.5. The van der Waals surface area contributed by atoms with E-state index in [0.717, 1.165) is 5.06 Å². The number of hydroxylamine groups is 2. The van der Waals surface area contributed by atoms with Crippen molar-refractivity contribution in [3.8, 4) is 0 Å². The minimum atomic E-state index is -0.807. The van der Waals surface area contributed by atoms with E-state index >= 15 is 0 Å². The largest absolute Gasteiger partial charge is 0.444 e. The summed E-state index contributed by atoms with van der Waals surface area (Å²) in [6.07, 6.45) is 0.0922. The molecule has 2 rings (SSSR count). The van der Waals surface area contributed by atoms with Crippen molar-refractivity contribution in [2.45, 2.75) is 51.3 Å². The van der Waals surface area contributed by atoms with Crippen LogP contribution in [0.15, 0.2) is 18.2 Å². The average Bonchev–Trinajstić information content (AvgIpc) is 2.98. The molecule has 0 bridgehead atoms. The first-order valence-corrected chi connectivity index (χ1v) is 8.71. The minimum Gasteiger partial charge on any atom is -0.444 e. The molecule has 0 spiro atoms. The van der Waals surface area contributed by atoms with Crippen molar-refractivity contribution in [2.24, 2.45) is 0 Å². The van der Waals surface area contributed by atoms with Crippen LogP contribution in [0.4, 0.5) is 9.18 Å². The summed E-state index contributed by atoms with van der Waals surface area (Å²) in [5.74, 6) is -0.885. The molecule has 0 N–H and O–H groups in total. The molecule has 1 fully saturated rings. The van der Waals surface area contributed by atoms with Gasteiger partial charge in [-0.2, -0.15) is 0 Å². The highest BCUT2D eigenvalue weighted by Gasteiger charge is 2.45. The van der Waals surface area contributed by atoms with Gasteiger partial charge in [-0.25, -0.2) is 14.2 Å². The van der Waals surface area contributed by atoms with E-state index in [9.17, 15) is 14.0 Å². The van der Waals surface area contributed by atoms with Crippen molar-refractivity contribution in [3.63, 3.8) is 0 Å². The van der Waals surface area contributed by atoms with Gasteiger partial charge >= 0.3 is 6.09 Å². The van der Waals surface area contributed by atoms with E-state index < -0.39 is 35.5 Å². The molecule has 144 valence electrons. The Bertz CT molecular complexity index is 692. The number of likely N-dealkylation sites (tertiary alicyclic amines) is 1. The molecular formula is C18H24ClFN2O4. The first-order valence-electron chi connectivity index (χ1n) is 8.33. The van der Waals surface area contributed by atoms with Gasteiger partial charge in [-0.1, -0.05) is 11.6 Å². The zero-order valence-electron chi connectivity index (χ0n) is 15.6. The summed E-state index contributed by atoms with van der Waals surface area (Å²) in [5, 5.41) is 1.41. The fourth-order valence-electron chi connectivity index (χ4n) is 3.00. The maximum atomic E-state index is 14.4. The van der Waals surface area contributed by atoms with Crippen LogP contribution in [0.3, 0.4) is 0 Å². The lowest BCUT2D eigenvalue weighted by Crippen LogP contribution is -2.48. The topological polar surface area (TPSA) is 59.1 Å². The zero-order chi connectivity index (χ0) is 19.6. The Morgan fingerprint density at radius 2 is 1.96 bits per heavy atom. The second kappa shape index (κ2) is 7.80. The smallest absolute Gasteiger partial charge is 0.411 e. The Morgan fingerprint density at radius 3 is 2.54 bits per heavy atom. The van der Waals surface area contributed by atoms with Crippen molar-refractivity contribution in [1.82, 2.24) is 9.96 Å². The Morgan fingerprint density at radius 1 is 1.31 bits per heavy atom. The number of carbonyl (C=O) groups excluding carboxylic acids is 2. The number of benzene rings is 1. The van der Waals surface area contributed by atoms with Crippen LogP contribution < -0.4 is 0 Å². The summed E-state index contributed by atoms with van der Waals surface area (Å²) < 4.78 is 19.8. The quantitative estimate of drug-likeness (QED) is 0.738. The van der Waals surface area contributed by atoms with Gasteiger partial charge in [0.2, 0.25) is 0 Å². The summed E-state index contributed by atoms with van der Waals surface area (Å²) in [5.41, 5.74) is -0.489. The number of likely N-dealkylation sites (N-methyl/N-ethyl adjacent to an activating group) is 1. The van der Waals surface area contributed by atoms with Crippen LogP contribution in [0.25, 0.3) is 0 Å². The van der Waals surface area contributed by atoms with E-state index in [-0.39, 0.29) is 5.56 Å². The summed E-state index contributed by atoms with van der Waals surface area (Å²) in [6.45, 7) is 5.19. The maximum absolute atomic E-state index is 14.4. The number of halogens is 2. The fraction of sp³-hybridized carbons (Fsp3) is 0.556. The molecule has 1 aromatic carbocycles. The SMILES string of the molecule is CON(C)C(=O)[C@H]1CC[C@@H](c2cc(Cl)ccc2F)N1C(=O)OC(C)(C)C. The van der Waals surface area contributed by atoms with Gasteiger partial charge < -0.3 is 4.74 Å². The van der Waals surface area contributed by atoms with Crippen LogP contribution in [0.2, 0.25) is 5.02 Å². The first-order chi connectivity index (χ1) is 12.0. The van der Waals surface area contributed by atoms with Crippen LogP contribution in [0.1, 0.15) is 45.2 Å². The second-order valence-electron chi connectivity index (χ2n) is 7.18. The molecular weight excluding hydrogens is 363 g/mol. The summed E-state index contributed by atoms with van der Waals surface area (Å²) in [4.78, 5) is 31.7. The molecule has 6 nitrogen and oxygen atoms in total. The lowest BCUT2D eigenvalue weighted by atomic mass is 10.0. The van der Waals surface area contributed by atoms with Gasteiger partial charge in [-0.15, -0.1) is 0 Å². The number of rotatable bonds is 3. The lowest BCUT2D eigenvalue weighted by Gasteiger charge is -2.33. The maximum Gasteiger partial charge on any atom is 0.411 e. The van der Waals surface area contributed by atoms with Gasteiger partial charge in [-0.05, 0) is 51.8 Å². The number of carbonyl (C=O) groups is 2. The minimum absolute atomic E-state index is 0.263. The third-order valence-corrected chi connectivity index (χ3v) is 4.41. The van der Waals surface area contributed by atoms with E-state index in [0.29, 0.717) is 17.9 Å². The summed E-state index contributed by atoms with van der Waals surface area (Å²) >= 11 is 6.00. The Balaban J connectivity index is 2.42. The molecule has 8 heteroatoms. The molecule has 26 heavy (non-hydrogen) atoms. The lowest BCUT2D eigenvalue weighted by molar-refractivity contribution is -0.173. The van der Waals surface area contributed by atoms with Crippen LogP contribution in [0.5, 0.6) is 0 Å². The number of ether oxygens (including phenoxy) is 1. The molecule has 0 saturated carbocycles. The van der Waals surface area contributed by atoms with Gasteiger partial charge in [0.15, 0.2) is 0 Å². The zero-order valence-corrected chi connectivity index (χ0v) is 16.3. The van der Waals surface area contributed by atoms with Crippen LogP contribution >= 0.6 is 11.6 Å². The van der Waals surface area contributed by atoms with E-state index in [1.807, 2.05) is 0 Å². The third-order valence-electron chi connectivity index (χ3n) is 4.18. The van der Waals surface area contributed by atoms with Gasteiger partial charge in [0.1, 0.15) is 17.5 Å². The molecule has 0 aliphatic carbocycles. The molecule has 0 unspecified atom stereocenters. The molecule has 1 aliphatic heterocycles. The third kappa shape index (κ3) is 4.45. The predicted molar refractivity (Wildman–Crippen MR) is 95.0 cm³/mol. The molecule has 0 aromatic heterocycles. The van der Waals surface area contributed by atoms with E-state index in [4.69, 9.17) is 21.2 Å². The number of hydrogen-bond donors (Lipinski definition) is 0. The van der Waals surface area contributed by atoms with E-state index in [1.54, 1.807) is 20.8 Å². The Kier molecular flexibility index (Phi) is 6.13. The Labute approximate surface area is 157 Å². The summed E-state index contributed by atoms with van der Waals surface area (Å²) in [7, 11) is 2.82.